The molecule has 4 aliphatic rings. The van der Waals surface area contributed by atoms with Gasteiger partial charge in [0.05, 0.1) is 65.8 Å². The predicted octanol–water partition coefficient (Wildman–Crippen LogP) is 10.4. The second-order valence-corrected chi connectivity index (χ2v) is 35.4. The number of thiazole rings is 1. The molecule has 107 heavy (non-hydrogen) atoms. The summed E-state index contributed by atoms with van der Waals surface area (Å²) in [6.45, 7) is 20.8. The molecule has 10 rings (SSSR count). The molecule has 0 spiro atoms. The van der Waals surface area contributed by atoms with Crippen LogP contribution in [-0.4, -0.2) is 224 Å². The number of halogens is 4. The molecule has 3 aliphatic heterocycles. The van der Waals surface area contributed by atoms with Gasteiger partial charge in [0.1, 0.15) is 23.6 Å². The topological polar surface area (TPSA) is 262 Å². The number of aryl methyl sites for hydroxylation is 1. The van der Waals surface area contributed by atoms with Crippen LogP contribution < -0.4 is 25.6 Å². The molecular weight excluding hydrogens is 1480 g/mol. The van der Waals surface area contributed by atoms with Crippen molar-refractivity contribution in [3.8, 4) is 10.4 Å². The molecule has 0 bridgehead atoms. The number of likely N-dealkylation sites (tertiary alicyclic amines) is 1. The van der Waals surface area contributed by atoms with Crippen LogP contribution in [0, 0.1) is 17.8 Å². The highest BCUT2D eigenvalue weighted by atomic mass is 35.5. The van der Waals surface area contributed by atoms with Gasteiger partial charge < -0.3 is 50.0 Å². The van der Waals surface area contributed by atoms with Gasteiger partial charge in [-0.2, -0.15) is 13.2 Å². The van der Waals surface area contributed by atoms with Gasteiger partial charge in [-0.05, 0) is 132 Å². The van der Waals surface area contributed by atoms with Crippen LogP contribution in [0.1, 0.15) is 93.9 Å². The maximum Gasteiger partial charge on any atom is 0.501 e. The fourth-order valence-corrected chi connectivity index (χ4v) is 17.6. The quantitative estimate of drug-likeness (QED) is 0.0189. The molecule has 0 unspecified atom stereocenters. The van der Waals surface area contributed by atoms with E-state index in [9.17, 15) is 54.3 Å². The van der Waals surface area contributed by atoms with Crippen molar-refractivity contribution in [2.24, 2.45) is 10.8 Å². The Balaban J connectivity index is 0.641. The molecule has 3 saturated heterocycles. The van der Waals surface area contributed by atoms with Gasteiger partial charge in [-0.3, -0.25) is 29.0 Å². The molecule has 0 radical (unpaired) electrons. The van der Waals surface area contributed by atoms with E-state index in [1.54, 1.807) is 49.8 Å². The lowest BCUT2D eigenvalue weighted by Crippen LogP contribution is -2.58. The van der Waals surface area contributed by atoms with Crippen LogP contribution in [0.15, 0.2) is 147 Å². The van der Waals surface area contributed by atoms with Crippen molar-refractivity contribution < 1.29 is 68.5 Å². The Kier molecular flexibility index (Phi) is 28.6. The minimum atomic E-state index is -6.15. The zero-order chi connectivity index (χ0) is 76.7. The fraction of sp³-hybridized carbons (Fsp3) is 0.494. The number of carbonyl (C=O) groups is 4. The SMILES string of the molecule is Cc1ncsc1-c1ccc(CNC(=O)[C@@H]2C[C@@H](O)CN2C(=O)[C@@H](NC(=O)COCCOCCOCCN2CCN(CC[C@H](CSc3ccccc3)Nc3ccc(S(=O)(=O)NC(=O)c4ccc(N5CCN(CC6=C(c7ccc(Cl)cc7)CCC(C)(C)C6)CC5)cc4)cc3S(=O)(=O)C(F)(F)F)CC2)C(C)(C)C)cc1. The standard InChI is InChI=1S/C77H98ClF3N10O12S4/c1-53-70(105-52-83-53)56-14-12-54(13-15-56)47-82-73(95)67-44-62(92)49-91(67)74(96)71(75(2,3)4)85-69(93)50-103-43-42-102-41-40-101-39-38-88-32-30-87(31-33-88)29-27-60(51-104-63-10-8-7-9-11-63)84-66-25-24-64(45-68(66)106(97,98)77(79,80)81)107(99,100)86-72(94)57-18-22-61(23-19-57)90-36-34-89(35-37-90)48-58-46-76(5,6)28-26-65(58)55-16-20-59(78)21-17-55/h7-25,45,52,60,62,67,71,84,92H,26-44,46-51H2,1-6H3,(H,82,95)(H,85,93)(H,86,94)/t60-,62-,67+,71-/m1/s1. The van der Waals surface area contributed by atoms with E-state index in [-0.39, 0.29) is 56.9 Å². The Morgan fingerprint density at radius 1 is 0.776 bits per heavy atom. The van der Waals surface area contributed by atoms with E-state index in [2.05, 4.69) is 66.5 Å². The van der Waals surface area contributed by atoms with Gasteiger partial charge in [0.15, 0.2) is 0 Å². The van der Waals surface area contributed by atoms with E-state index >= 15 is 0 Å². The smallest absolute Gasteiger partial charge is 0.391 e. The number of ether oxygens (including phenoxy) is 3. The first-order valence-electron chi connectivity index (χ1n) is 36.1. The number of piperazine rings is 2. The van der Waals surface area contributed by atoms with Crippen LogP contribution in [0.3, 0.4) is 0 Å². The number of sulfonamides is 1. The van der Waals surface area contributed by atoms with Gasteiger partial charge in [0.2, 0.25) is 17.7 Å². The molecule has 5 N–H and O–H groups in total. The highest BCUT2D eigenvalue weighted by Crippen LogP contribution is 2.44. The van der Waals surface area contributed by atoms with Crippen molar-refractivity contribution >= 4 is 95.1 Å². The molecule has 1 aromatic heterocycles. The van der Waals surface area contributed by atoms with Crippen LogP contribution in [-0.2, 0) is 55.0 Å². The summed E-state index contributed by atoms with van der Waals surface area (Å²) in [5.41, 5.74) is 2.63. The Morgan fingerprint density at radius 2 is 1.41 bits per heavy atom. The molecule has 4 amide bonds. The third kappa shape index (κ3) is 23.1. The number of amides is 4. The van der Waals surface area contributed by atoms with Crippen molar-refractivity contribution in [2.45, 2.75) is 125 Å². The van der Waals surface area contributed by atoms with E-state index in [1.165, 1.54) is 45.5 Å². The minimum Gasteiger partial charge on any atom is -0.391 e. The van der Waals surface area contributed by atoms with Gasteiger partial charge in [-0.15, -0.1) is 23.1 Å². The predicted molar refractivity (Wildman–Crippen MR) is 412 cm³/mol. The summed E-state index contributed by atoms with van der Waals surface area (Å²) < 4.78 is 117. The van der Waals surface area contributed by atoms with E-state index in [0.717, 1.165) is 83.3 Å². The first kappa shape index (κ1) is 82.5. The van der Waals surface area contributed by atoms with Crippen molar-refractivity contribution in [1.29, 1.82) is 0 Å². The number of allylic oxidation sites excluding steroid dienone is 1. The molecule has 3 fully saturated rings. The number of nitrogens with one attached hydrogen (secondary N) is 4. The number of alkyl halides is 3. The Bertz CT molecular complexity index is 4250. The maximum absolute atomic E-state index is 14.6. The summed E-state index contributed by atoms with van der Waals surface area (Å²) >= 11 is 9.20. The summed E-state index contributed by atoms with van der Waals surface area (Å²) in [7, 11) is -11.1. The number of thioether (sulfide) groups is 1. The number of aromatic nitrogens is 1. The number of sulfone groups is 1. The van der Waals surface area contributed by atoms with Crippen LogP contribution in [0.5, 0.6) is 0 Å². The van der Waals surface area contributed by atoms with Gasteiger partial charge >= 0.3 is 5.51 Å². The normalized spacial score (nSPS) is 18.5. The average molecular weight is 1580 g/mol. The zero-order valence-corrected chi connectivity index (χ0v) is 65.4. The first-order valence-corrected chi connectivity index (χ1v) is 41.3. The van der Waals surface area contributed by atoms with Gasteiger partial charge in [0, 0.05) is 124 Å². The number of hydrogen-bond acceptors (Lipinski definition) is 20. The van der Waals surface area contributed by atoms with Gasteiger partial charge in [-0.1, -0.05) is 106 Å². The summed E-state index contributed by atoms with van der Waals surface area (Å²) in [4.78, 5) is 68.9. The van der Waals surface area contributed by atoms with Crippen molar-refractivity contribution in [1.82, 2.24) is 39.9 Å². The summed E-state index contributed by atoms with van der Waals surface area (Å²) in [6, 6.07) is 31.4. The molecule has 5 aromatic carbocycles. The first-order chi connectivity index (χ1) is 50.9. The summed E-state index contributed by atoms with van der Waals surface area (Å²) in [5.74, 6) is -2.16. The third-order valence-electron chi connectivity index (χ3n) is 19.8. The number of hydrogen-bond donors (Lipinski definition) is 5. The van der Waals surface area contributed by atoms with Crippen LogP contribution in [0.4, 0.5) is 24.5 Å². The summed E-state index contributed by atoms with van der Waals surface area (Å²) in [5, 5.41) is 20.1. The average Bonchev–Trinajstić information content (AvgIpc) is 1.33. The number of carbonyl (C=O) groups excluding carboxylic acids is 4. The molecule has 1 aliphatic carbocycles. The van der Waals surface area contributed by atoms with Crippen LogP contribution in [0.2, 0.25) is 5.02 Å². The highest BCUT2D eigenvalue weighted by Gasteiger charge is 2.49. The Labute approximate surface area is 639 Å². The van der Waals surface area contributed by atoms with Crippen molar-refractivity contribution in [3.63, 3.8) is 0 Å². The lowest BCUT2D eigenvalue weighted by molar-refractivity contribution is -0.144. The molecule has 22 nitrogen and oxygen atoms in total. The van der Waals surface area contributed by atoms with E-state index in [4.69, 9.17) is 25.8 Å². The van der Waals surface area contributed by atoms with Crippen molar-refractivity contribution in [3.05, 3.63) is 160 Å². The Morgan fingerprint density at radius 3 is 2.06 bits per heavy atom. The van der Waals surface area contributed by atoms with Gasteiger partial charge in [0.25, 0.3) is 25.8 Å². The molecule has 4 atom stereocenters. The number of aliphatic hydroxyl groups excluding tert-OH is 1. The number of rotatable bonds is 33. The van der Waals surface area contributed by atoms with E-state index < -0.39 is 94.1 Å². The molecule has 4 heterocycles. The molecule has 580 valence electrons. The van der Waals surface area contributed by atoms with E-state index in [0.29, 0.717) is 88.8 Å². The minimum absolute atomic E-state index is 0.0292. The lowest BCUT2D eigenvalue weighted by Gasteiger charge is -2.39. The van der Waals surface area contributed by atoms with Crippen LogP contribution >= 0.6 is 34.7 Å². The monoisotopic (exact) mass is 1570 g/mol. The Hall–Kier alpha value is -7.00. The number of anilines is 2. The molecule has 30 heteroatoms. The maximum atomic E-state index is 14.6. The third-order valence-corrected chi connectivity index (χ3v) is 25.0. The number of benzene rings is 5. The van der Waals surface area contributed by atoms with Gasteiger partial charge in [-0.25, -0.2) is 26.5 Å². The second-order valence-electron chi connectivity index (χ2n) is 29.4. The van der Waals surface area contributed by atoms with E-state index in [1.807, 2.05) is 78.4 Å². The lowest BCUT2D eigenvalue weighted by atomic mass is 9.73. The number of aliphatic hydroxyl groups is 1. The van der Waals surface area contributed by atoms with Crippen LogP contribution in [0.25, 0.3) is 16.0 Å². The zero-order valence-electron chi connectivity index (χ0n) is 61.4. The molecular formula is C77H98ClF3N10O12S4. The number of nitrogens with zero attached hydrogens (tertiary/aromatic N) is 6. The second kappa shape index (κ2) is 37.1. The highest BCUT2D eigenvalue weighted by molar-refractivity contribution is 7.99. The van der Waals surface area contributed by atoms with Crippen molar-refractivity contribution in [2.75, 3.05) is 134 Å². The summed E-state index contributed by atoms with van der Waals surface area (Å²) in [6.07, 6.45) is 2.61. The largest absolute Gasteiger partial charge is 0.501 e. The fourth-order valence-electron chi connectivity index (χ4n) is 13.7. The molecule has 6 aromatic rings. The number of β-amino-alcohol motifs (C(OH)–C–C–N with tert-alkyl or cyclic N) is 1. The molecule has 0 saturated carbocycles.